The van der Waals surface area contributed by atoms with Crippen LogP contribution in [0.25, 0.3) is 0 Å². The number of carbonyl (C=O) groups is 1. The Morgan fingerprint density at radius 1 is 1.08 bits per heavy atom. The topological polar surface area (TPSA) is 95.8 Å². The molecule has 202 valence electrons. The van der Waals surface area contributed by atoms with E-state index in [4.69, 9.17) is 4.52 Å². The number of carbonyl (C=O) groups excluding carboxylic acids is 1. The molecule has 4 fully saturated rings. The van der Waals surface area contributed by atoms with Crippen LogP contribution in [0.15, 0.2) is 10.6 Å². The Bertz CT molecular complexity index is 1020. The highest BCUT2D eigenvalue weighted by Gasteiger charge is 2.47. The van der Waals surface area contributed by atoms with Gasteiger partial charge in [-0.05, 0) is 83.3 Å². The summed E-state index contributed by atoms with van der Waals surface area (Å²) in [5.74, 6) is 0.987. The first kappa shape index (κ1) is 26.0. The second-order valence-electron chi connectivity index (χ2n) is 11.0. The van der Waals surface area contributed by atoms with E-state index in [0.29, 0.717) is 51.2 Å². The number of rotatable bonds is 9. The van der Waals surface area contributed by atoms with Crippen molar-refractivity contribution < 1.29 is 30.9 Å². The zero-order chi connectivity index (χ0) is 25.5. The first-order chi connectivity index (χ1) is 17.1. The normalized spacial score (nSPS) is 28.5. The van der Waals surface area contributed by atoms with Gasteiger partial charge in [-0.2, -0.15) is 17.5 Å². The Morgan fingerprint density at radius 3 is 2.36 bits per heavy atom. The van der Waals surface area contributed by atoms with Crippen molar-refractivity contribution in [2.45, 2.75) is 94.4 Å². The van der Waals surface area contributed by atoms with Crippen LogP contribution in [0.5, 0.6) is 0 Å². The molecule has 1 saturated carbocycles. The van der Waals surface area contributed by atoms with Gasteiger partial charge in [-0.1, -0.05) is 5.16 Å². The molecule has 36 heavy (non-hydrogen) atoms. The maximum absolute atomic E-state index is 13.4. The molecule has 0 spiro atoms. The lowest BCUT2D eigenvalue weighted by Gasteiger charge is -2.39. The van der Waals surface area contributed by atoms with E-state index in [1.807, 2.05) is 4.90 Å². The number of piperidine rings is 2. The van der Waals surface area contributed by atoms with Crippen molar-refractivity contribution in [2.24, 2.45) is 5.92 Å². The number of nitrogens with zero attached hydrogens (tertiary/aromatic N) is 3. The van der Waals surface area contributed by atoms with Crippen molar-refractivity contribution in [3.05, 3.63) is 17.5 Å². The Hall–Kier alpha value is -1.66. The van der Waals surface area contributed by atoms with Crippen molar-refractivity contribution in [1.29, 1.82) is 0 Å². The molecule has 1 aliphatic carbocycles. The van der Waals surface area contributed by atoms with Gasteiger partial charge in [0.05, 0.1) is 5.75 Å². The number of hydrogen-bond donors (Lipinski definition) is 1. The number of aromatic nitrogens is 1. The number of sulfonamides is 1. The summed E-state index contributed by atoms with van der Waals surface area (Å²) < 4.78 is 70.9. The van der Waals surface area contributed by atoms with E-state index in [9.17, 15) is 26.4 Å². The van der Waals surface area contributed by atoms with Gasteiger partial charge in [-0.3, -0.25) is 4.79 Å². The summed E-state index contributed by atoms with van der Waals surface area (Å²) >= 11 is 0. The number of amides is 1. The first-order valence-corrected chi connectivity index (χ1v) is 14.8. The van der Waals surface area contributed by atoms with Crippen LogP contribution in [0.4, 0.5) is 13.2 Å². The summed E-state index contributed by atoms with van der Waals surface area (Å²) in [6.07, 6.45) is 1.45. The zero-order valence-electron chi connectivity index (χ0n) is 20.4. The first-order valence-electron chi connectivity index (χ1n) is 13.2. The minimum Gasteiger partial charge on any atom is -0.360 e. The Morgan fingerprint density at radius 2 is 1.75 bits per heavy atom. The van der Waals surface area contributed by atoms with Crippen molar-refractivity contribution >= 4 is 15.9 Å². The third-order valence-electron chi connectivity index (χ3n) is 8.15. The summed E-state index contributed by atoms with van der Waals surface area (Å²) in [6.45, 7) is 1.69. The van der Waals surface area contributed by atoms with Crippen molar-refractivity contribution in [3.63, 3.8) is 0 Å². The van der Waals surface area contributed by atoms with Crippen LogP contribution in [0.2, 0.25) is 0 Å². The van der Waals surface area contributed by atoms with Crippen molar-refractivity contribution in [2.75, 3.05) is 25.4 Å². The van der Waals surface area contributed by atoms with E-state index < -0.39 is 22.6 Å². The van der Waals surface area contributed by atoms with Crippen LogP contribution in [-0.2, 0) is 10.0 Å². The molecule has 2 bridgehead atoms. The third kappa shape index (κ3) is 6.24. The average Bonchev–Trinajstić information content (AvgIpc) is 3.45. The van der Waals surface area contributed by atoms with Gasteiger partial charge in [0, 0.05) is 36.5 Å². The summed E-state index contributed by atoms with van der Waals surface area (Å²) in [4.78, 5) is 14.7. The predicted molar refractivity (Wildman–Crippen MR) is 126 cm³/mol. The summed E-state index contributed by atoms with van der Waals surface area (Å²) in [5, 5.41) is 6.94. The SMILES string of the molecule is O=C(N[C@H]1C[C@H]2CC[C@@H](C1)N2S(=O)(=O)CC1CCN(CCCC(F)(F)F)CC1)c1cc(C2CC2)on1. The standard InChI is InChI=1S/C24H35F3N4O4S/c25-24(26,27)8-1-9-30-10-6-16(7-11-30)15-36(33,34)31-19-4-5-20(31)13-18(12-19)28-23(32)21-14-22(35-29-21)17-2-3-17/h14,16-20H,1-13,15H2,(H,28,32)/t18-,19+,20-. The molecular weight excluding hydrogens is 497 g/mol. The lowest BCUT2D eigenvalue weighted by atomic mass is 9.99. The second-order valence-corrected chi connectivity index (χ2v) is 12.9. The molecule has 3 saturated heterocycles. The molecule has 8 nitrogen and oxygen atoms in total. The van der Waals surface area contributed by atoms with Gasteiger partial charge in [0.15, 0.2) is 5.69 Å². The number of alkyl halides is 3. The van der Waals surface area contributed by atoms with Gasteiger partial charge in [-0.25, -0.2) is 8.42 Å². The molecule has 0 unspecified atom stereocenters. The number of nitrogens with one attached hydrogen (secondary N) is 1. The van der Waals surface area contributed by atoms with Gasteiger partial charge in [0.1, 0.15) is 5.76 Å². The summed E-state index contributed by atoms with van der Waals surface area (Å²) in [5.41, 5.74) is 0.282. The number of likely N-dealkylation sites (tertiary alicyclic amines) is 1. The van der Waals surface area contributed by atoms with E-state index in [1.165, 1.54) is 0 Å². The van der Waals surface area contributed by atoms with E-state index in [2.05, 4.69) is 10.5 Å². The maximum Gasteiger partial charge on any atom is 0.389 e. The molecule has 0 radical (unpaired) electrons. The molecule has 1 aromatic heterocycles. The average molecular weight is 533 g/mol. The molecule has 12 heteroatoms. The van der Waals surface area contributed by atoms with Gasteiger partial charge in [0.25, 0.3) is 5.91 Å². The largest absolute Gasteiger partial charge is 0.389 e. The molecule has 0 aromatic carbocycles. The summed E-state index contributed by atoms with van der Waals surface area (Å²) in [6, 6.07) is 1.40. The van der Waals surface area contributed by atoms with E-state index in [-0.39, 0.29) is 47.8 Å². The van der Waals surface area contributed by atoms with Crippen LogP contribution in [0, 0.1) is 5.92 Å². The van der Waals surface area contributed by atoms with Crippen LogP contribution in [0.3, 0.4) is 0 Å². The van der Waals surface area contributed by atoms with Gasteiger partial charge in [-0.15, -0.1) is 0 Å². The smallest absolute Gasteiger partial charge is 0.360 e. The maximum atomic E-state index is 13.4. The lowest BCUT2D eigenvalue weighted by molar-refractivity contribution is -0.136. The van der Waals surface area contributed by atoms with Gasteiger partial charge >= 0.3 is 6.18 Å². The van der Waals surface area contributed by atoms with Gasteiger partial charge < -0.3 is 14.7 Å². The predicted octanol–water partition coefficient (Wildman–Crippen LogP) is 3.66. The van der Waals surface area contributed by atoms with Crippen molar-refractivity contribution in [1.82, 2.24) is 19.7 Å². The molecule has 5 rings (SSSR count). The van der Waals surface area contributed by atoms with Gasteiger partial charge in [0.2, 0.25) is 10.0 Å². The summed E-state index contributed by atoms with van der Waals surface area (Å²) in [7, 11) is -3.45. The van der Waals surface area contributed by atoms with Crippen LogP contribution < -0.4 is 5.32 Å². The van der Waals surface area contributed by atoms with Crippen LogP contribution in [0.1, 0.15) is 86.4 Å². The molecule has 3 aliphatic heterocycles. The molecule has 3 atom stereocenters. The fourth-order valence-corrected chi connectivity index (χ4v) is 8.58. The fourth-order valence-electron chi connectivity index (χ4n) is 6.19. The Kier molecular flexibility index (Phi) is 7.39. The highest BCUT2D eigenvalue weighted by atomic mass is 32.2. The molecule has 1 aromatic rings. The van der Waals surface area contributed by atoms with Crippen LogP contribution in [-0.4, -0.2) is 78.4 Å². The van der Waals surface area contributed by atoms with E-state index in [1.54, 1.807) is 10.4 Å². The highest BCUT2D eigenvalue weighted by Crippen LogP contribution is 2.41. The number of hydrogen-bond acceptors (Lipinski definition) is 6. The monoisotopic (exact) mass is 532 g/mol. The number of fused-ring (bicyclic) bond motifs is 2. The third-order valence-corrected chi connectivity index (χ3v) is 10.3. The number of halogens is 3. The second kappa shape index (κ2) is 10.2. The minimum atomic E-state index is -4.13. The van der Waals surface area contributed by atoms with Crippen molar-refractivity contribution in [3.8, 4) is 0 Å². The molecular formula is C24H35F3N4O4S. The molecule has 1 N–H and O–H groups in total. The molecule has 4 heterocycles. The lowest BCUT2D eigenvalue weighted by Crippen LogP contribution is -2.53. The van der Waals surface area contributed by atoms with Crippen LogP contribution >= 0.6 is 0 Å². The van der Waals surface area contributed by atoms with E-state index >= 15 is 0 Å². The Balaban J connectivity index is 1.09. The highest BCUT2D eigenvalue weighted by molar-refractivity contribution is 7.89. The zero-order valence-corrected chi connectivity index (χ0v) is 21.2. The van der Waals surface area contributed by atoms with E-state index in [0.717, 1.165) is 31.4 Å². The quantitative estimate of drug-likeness (QED) is 0.522. The molecule has 4 aliphatic rings. The minimum absolute atomic E-state index is 0.0264. The Labute approximate surface area is 210 Å². The molecule has 1 amide bonds. The fraction of sp³-hybridized carbons (Fsp3) is 0.833.